The number of aryl methyl sites for hydroxylation is 1. The smallest absolute Gasteiger partial charge is 0.266 e. The van der Waals surface area contributed by atoms with Crippen molar-refractivity contribution in [2.24, 2.45) is 0 Å². The van der Waals surface area contributed by atoms with Crippen molar-refractivity contribution in [1.82, 2.24) is 39.9 Å². The third-order valence-corrected chi connectivity index (χ3v) is 8.19. The van der Waals surface area contributed by atoms with Crippen LogP contribution in [0.15, 0.2) is 79.2 Å². The Balaban J connectivity index is 0.884. The zero-order valence-corrected chi connectivity index (χ0v) is 25.6. The number of unbranched alkanes of at least 4 members (excludes halogenated alkanes) is 1. The standard InChI is InChI=1S/C34H30N8O6/c43-29-12-11-26(32(45)37-29)42-33(46)23-9-6-10-27(31(23)34(42)47)48-20-30(44)35-14-4-5-15-41-19-25(38-39-41)22-13-16-40-18-24(36-28(40)17-22)21-7-2-1-3-8-21/h1-3,6-10,13,16-19,26H,4-5,11-12,14-15,20H2,(H,35,44)(H,37,43,45)/i18D. The summed E-state index contributed by atoms with van der Waals surface area (Å²) >= 11 is 0. The van der Waals surface area contributed by atoms with Crippen molar-refractivity contribution >= 4 is 35.2 Å². The second kappa shape index (κ2) is 12.9. The van der Waals surface area contributed by atoms with E-state index in [0.717, 1.165) is 16.0 Å². The monoisotopic (exact) mass is 647 g/mol. The number of piperidine rings is 1. The maximum absolute atomic E-state index is 13.2. The normalized spacial score (nSPS) is 16.2. The number of carbonyl (C=O) groups excluding carboxylic acids is 5. The highest BCUT2D eigenvalue weighted by molar-refractivity contribution is 6.24. The zero-order valence-electron chi connectivity index (χ0n) is 26.6. The third-order valence-electron chi connectivity index (χ3n) is 8.19. The Bertz CT molecular complexity index is 2130. The largest absolute Gasteiger partial charge is 0.483 e. The SMILES string of the molecule is [2H]c1c(-c2ccccc2)nc2cc(-c3cn(CCCCNC(=O)COc4cccc5c4C(=O)N(C4CCC(=O)NC4=O)C5=O)nn3)ccn12. The number of nitrogens with one attached hydrogen (secondary N) is 2. The van der Waals surface area contributed by atoms with Gasteiger partial charge in [0.25, 0.3) is 17.7 Å². The van der Waals surface area contributed by atoms with Crippen LogP contribution in [0.25, 0.3) is 28.2 Å². The molecule has 1 atom stereocenters. The number of pyridine rings is 1. The fourth-order valence-electron chi connectivity index (χ4n) is 5.77. The molecule has 1 unspecified atom stereocenters. The number of ether oxygens (including phenoxy) is 1. The second-order valence-electron chi connectivity index (χ2n) is 11.4. The number of imide groups is 2. The van der Waals surface area contributed by atoms with Crippen LogP contribution in [0.3, 0.4) is 0 Å². The van der Waals surface area contributed by atoms with Crippen LogP contribution in [-0.4, -0.2) is 78.0 Å². The zero-order chi connectivity index (χ0) is 34.1. The number of hydrogen-bond acceptors (Lipinski definition) is 9. The Morgan fingerprint density at radius 2 is 1.85 bits per heavy atom. The molecule has 0 aliphatic carbocycles. The van der Waals surface area contributed by atoms with Gasteiger partial charge < -0.3 is 14.5 Å². The molecule has 48 heavy (non-hydrogen) atoms. The molecule has 0 saturated carbocycles. The Labute approximate surface area is 275 Å². The van der Waals surface area contributed by atoms with Crippen molar-refractivity contribution in [1.29, 1.82) is 0 Å². The van der Waals surface area contributed by atoms with Gasteiger partial charge in [-0.15, -0.1) is 5.10 Å². The van der Waals surface area contributed by atoms with E-state index >= 15 is 0 Å². The van der Waals surface area contributed by atoms with Crippen molar-refractivity contribution in [3.05, 3.63) is 90.4 Å². The lowest BCUT2D eigenvalue weighted by atomic mass is 10.0. The first-order chi connectivity index (χ1) is 23.8. The van der Waals surface area contributed by atoms with Crippen LogP contribution in [0.2, 0.25) is 0 Å². The molecule has 242 valence electrons. The van der Waals surface area contributed by atoms with E-state index in [0.29, 0.717) is 49.1 Å². The van der Waals surface area contributed by atoms with E-state index < -0.39 is 35.6 Å². The first-order valence-electron chi connectivity index (χ1n) is 16.0. The van der Waals surface area contributed by atoms with Crippen molar-refractivity contribution in [3.8, 4) is 28.3 Å². The summed E-state index contributed by atoms with van der Waals surface area (Å²) in [6, 6.07) is 16.7. The molecule has 1 saturated heterocycles. The van der Waals surface area contributed by atoms with Gasteiger partial charge in [-0.3, -0.25) is 38.9 Å². The van der Waals surface area contributed by atoms with E-state index in [9.17, 15) is 24.0 Å². The number of amides is 5. The molecule has 14 heteroatoms. The molecule has 0 bridgehead atoms. The van der Waals surface area contributed by atoms with Gasteiger partial charge in [0.15, 0.2) is 6.61 Å². The van der Waals surface area contributed by atoms with Crippen LogP contribution in [0.5, 0.6) is 5.75 Å². The second-order valence-corrected chi connectivity index (χ2v) is 11.4. The Hall–Kier alpha value is -6.18. The molecule has 2 aliphatic heterocycles. The first-order valence-corrected chi connectivity index (χ1v) is 15.5. The maximum atomic E-state index is 13.2. The molecule has 3 aromatic heterocycles. The van der Waals surface area contributed by atoms with Crippen LogP contribution >= 0.6 is 0 Å². The summed E-state index contributed by atoms with van der Waals surface area (Å²) in [7, 11) is 0. The number of nitrogens with zero attached hydrogens (tertiary/aromatic N) is 6. The van der Waals surface area contributed by atoms with Gasteiger partial charge in [-0.25, -0.2) is 4.98 Å². The number of benzene rings is 2. The summed E-state index contributed by atoms with van der Waals surface area (Å²) in [5, 5.41) is 13.5. The van der Waals surface area contributed by atoms with Crippen molar-refractivity contribution in [2.75, 3.05) is 13.2 Å². The first kappa shape index (κ1) is 29.2. The average Bonchev–Trinajstić information content (AvgIpc) is 3.78. The molecule has 7 rings (SSSR count). The third kappa shape index (κ3) is 6.02. The van der Waals surface area contributed by atoms with E-state index in [-0.39, 0.29) is 36.3 Å². The number of carbonyl (C=O) groups is 5. The lowest BCUT2D eigenvalue weighted by Gasteiger charge is -2.27. The van der Waals surface area contributed by atoms with Crippen molar-refractivity contribution in [2.45, 2.75) is 38.3 Å². The highest BCUT2D eigenvalue weighted by Crippen LogP contribution is 2.33. The Morgan fingerprint density at radius 3 is 2.69 bits per heavy atom. The summed E-state index contributed by atoms with van der Waals surface area (Å²) in [5.41, 5.74) is 3.69. The molecule has 0 spiro atoms. The quantitative estimate of drug-likeness (QED) is 0.162. The Kier molecular flexibility index (Phi) is 7.86. The van der Waals surface area contributed by atoms with E-state index in [1.165, 1.54) is 18.2 Å². The number of fused-ring (bicyclic) bond motifs is 2. The highest BCUT2D eigenvalue weighted by Gasteiger charge is 2.46. The van der Waals surface area contributed by atoms with Gasteiger partial charge in [-0.2, -0.15) is 0 Å². The molecule has 1 fully saturated rings. The predicted octanol–water partition coefficient (Wildman–Crippen LogP) is 2.64. The van der Waals surface area contributed by atoms with E-state index in [1.54, 1.807) is 15.3 Å². The number of aromatic nitrogens is 5. The summed E-state index contributed by atoms with van der Waals surface area (Å²) in [6.45, 7) is 0.585. The summed E-state index contributed by atoms with van der Waals surface area (Å²) in [5.74, 6) is -2.85. The molecule has 14 nitrogen and oxygen atoms in total. The molecule has 0 radical (unpaired) electrons. The van der Waals surface area contributed by atoms with Gasteiger partial charge in [0.1, 0.15) is 23.1 Å². The van der Waals surface area contributed by atoms with Crippen molar-refractivity contribution in [3.63, 3.8) is 0 Å². The van der Waals surface area contributed by atoms with Crippen LogP contribution < -0.4 is 15.4 Å². The van der Waals surface area contributed by atoms with Crippen molar-refractivity contribution < 1.29 is 30.1 Å². The minimum atomic E-state index is -1.09. The van der Waals surface area contributed by atoms with Crippen LogP contribution in [-0.2, 0) is 20.9 Å². The van der Waals surface area contributed by atoms with Gasteiger partial charge >= 0.3 is 0 Å². The summed E-state index contributed by atoms with van der Waals surface area (Å²) in [4.78, 5) is 68.1. The molecular formula is C34H30N8O6. The van der Waals surface area contributed by atoms with Gasteiger partial charge in [0, 0.05) is 43.0 Å². The topological polar surface area (TPSA) is 170 Å². The molecule has 5 aromatic rings. The number of hydrogen-bond donors (Lipinski definition) is 2. The Morgan fingerprint density at radius 1 is 1.00 bits per heavy atom. The fraction of sp³-hybridized carbons (Fsp3) is 0.235. The van der Waals surface area contributed by atoms with Crippen LogP contribution in [0.1, 0.15) is 47.8 Å². The van der Waals surface area contributed by atoms with Gasteiger partial charge in [0.05, 0.1) is 24.4 Å². The predicted molar refractivity (Wildman–Crippen MR) is 170 cm³/mol. The molecular weight excluding hydrogens is 616 g/mol. The summed E-state index contributed by atoms with van der Waals surface area (Å²) in [6.07, 6.45) is 5.38. The number of rotatable bonds is 11. The van der Waals surface area contributed by atoms with Gasteiger partial charge in [-0.05, 0) is 43.5 Å². The maximum Gasteiger partial charge on any atom is 0.266 e. The molecule has 2 aliphatic rings. The van der Waals surface area contributed by atoms with Crippen LogP contribution in [0, 0.1) is 0 Å². The number of imidazole rings is 1. The van der Waals surface area contributed by atoms with E-state index in [4.69, 9.17) is 6.11 Å². The van der Waals surface area contributed by atoms with Gasteiger partial charge in [-0.1, -0.05) is 41.6 Å². The molecule has 2 aromatic carbocycles. The van der Waals surface area contributed by atoms with E-state index in [1.807, 2.05) is 48.7 Å². The average molecular weight is 648 g/mol. The minimum absolute atomic E-state index is 0.0139. The lowest BCUT2D eigenvalue weighted by molar-refractivity contribution is -0.136. The minimum Gasteiger partial charge on any atom is -0.483 e. The van der Waals surface area contributed by atoms with Gasteiger partial charge in [0.2, 0.25) is 11.8 Å². The lowest BCUT2D eigenvalue weighted by Crippen LogP contribution is -2.54. The molecule has 2 N–H and O–H groups in total. The molecule has 5 amide bonds. The van der Waals surface area contributed by atoms with E-state index in [2.05, 4.69) is 25.9 Å². The highest BCUT2D eigenvalue weighted by atomic mass is 16.5. The molecule has 5 heterocycles. The van der Waals surface area contributed by atoms with Crippen LogP contribution in [0.4, 0.5) is 0 Å². The summed E-state index contributed by atoms with van der Waals surface area (Å²) < 4.78 is 17.6. The fourth-order valence-corrected chi connectivity index (χ4v) is 5.77.